The lowest BCUT2D eigenvalue weighted by Gasteiger charge is -2.20. The smallest absolute Gasteiger partial charge is 0.248 e. The fraction of sp³-hybridized carbons (Fsp3) is 0.0714. The van der Waals surface area contributed by atoms with Crippen molar-refractivity contribution < 1.29 is 14.7 Å². The quantitative estimate of drug-likeness (QED) is 0.887. The van der Waals surface area contributed by atoms with Crippen LogP contribution in [0.2, 0.25) is 10.0 Å². The fourth-order valence-corrected chi connectivity index (χ4v) is 2.76. The molecule has 2 aromatic carbocycles. The van der Waals surface area contributed by atoms with Gasteiger partial charge < -0.3 is 10.5 Å². The molecule has 0 aliphatic carbocycles. The van der Waals surface area contributed by atoms with E-state index in [1.54, 1.807) is 24.3 Å². The molecule has 1 aliphatic heterocycles. The van der Waals surface area contributed by atoms with Crippen LogP contribution in [0.3, 0.4) is 0 Å². The van der Waals surface area contributed by atoms with Gasteiger partial charge in [-0.05, 0) is 30.3 Å². The van der Waals surface area contributed by atoms with Gasteiger partial charge in [-0.1, -0.05) is 29.3 Å². The van der Waals surface area contributed by atoms with E-state index in [2.05, 4.69) is 0 Å². The standard InChI is InChI=1S/C14H10Cl2N2O3/c15-8-2-1-3-9(16)12(8)14-18(20)10-6-7(13(17)19)4-5-11(10)21-14/h1-6,14,20H,(H2,17,19). The van der Waals surface area contributed by atoms with Crippen molar-refractivity contribution in [1.82, 2.24) is 0 Å². The normalized spacial score (nSPS) is 16.5. The number of fused-ring (bicyclic) bond motifs is 1. The lowest BCUT2D eigenvalue weighted by atomic mass is 10.1. The zero-order valence-electron chi connectivity index (χ0n) is 10.6. The van der Waals surface area contributed by atoms with Gasteiger partial charge in [0.15, 0.2) is 0 Å². The van der Waals surface area contributed by atoms with E-state index < -0.39 is 12.1 Å². The Kier molecular flexibility index (Phi) is 3.41. The molecule has 7 heteroatoms. The minimum Gasteiger partial charge on any atom is -0.462 e. The first kappa shape index (κ1) is 14.0. The summed E-state index contributed by atoms with van der Waals surface area (Å²) in [6.07, 6.45) is -0.885. The topological polar surface area (TPSA) is 75.8 Å². The number of benzene rings is 2. The summed E-state index contributed by atoms with van der Waals surface area (Å²) in [7, 11) is 0. The van der Waals surface area contributed by atoms with Gasteiger partial charge in [0, 0.05) is 5.56 Å². The second-order valence-corrected chi connectivity index (χ2v) is 5.31. The summed E-state index contributed by atoms with van der Waals surface area (Å²) in [4.78, 5) is 11.2. The van der Waals surface area contributed by atoms with Crippen molar-refractivity contribution in [2.75, 3.05) is 5.06 Å². The van der Waals surface area contributed by atoms with Gasteiger partial charge in [0.25, 0.3) is 0 Å². The van der Waals surface area contributed by atoms with E-state index in [4.69, 9.17) is 33.7 Å². The predicted octanol–water partition coefficient (Wildman–Crippen LogP) is 3.38. The van der Waals surface area contributed by atoms with Crippen LogP contribution in [0.4, 0.5) is 5.69 Å². The van der Waals surface area contributed by atoms with Crippen LogP contribution < -0.4 is 15.5 Å². The molecular weight excluding hydrogens is 315 g/mol. The number of nitrogens with two attached hydrogens (primary N) is 1. The Hall–Kier alpha value is -1.95. The molecule has 0 saturated carbocycles. The van der Waals surface area contributed by atoms with E-state index in [1.807, 2.05) is 0 Å². The van der Waals surface area contributed by atoms with E-state index in [1.165, 1.54) is 12.1 Å². The molecule has 2 aromatic rings. The molecule has 1 unspecified atom stereocenters. The maximum Gasteiger partial charge on any atom is 0.248 e. The first-order valence-corrected chi connectivity index (χ1v) is 6.77. The molecule has 108 valence electrons. The van der Waals surface area contributed by atoms with Crippen LogP contribution in [-0.4, -0.2) is 11.1 Å². The number of rotatable bonds is 2. The maximum absolute atomic E-state index is 11.2. The first-order valence-electron chi connectivity index (χ1n) is 6.01. The molecule has 0 spiro atoms. The molecule has 1 atom stereocenters. The second kappa shape index (κ2) is 5.11. The van der Waals surface area contributed by atoms with Gasteiger partial charge in [-0.3, -0.25) is 10.0 Å². The number of nitrogens with zero attached hydrogens (tertiary/aromatic N) is 1. The highest BCUT2D eigenvalue weighted by Crippen LogP contribution is 2.45. The predicted molar refractivity (Wildman–Crippen MR) is 79.1 cm³/mol. The molecule has 1 aliphatic rings. The Morgan fingerprint density at radius 1 is 1.24 bits per heavy atom. The molecule has 3 rings (SSSR count). The Balaban J connectivity index is 2.04. The van der Waals surface area contributed by atoms with Gasteiger partial charge in [0.2, 0.25) is 12.1 Å². The van der Waals surface area contributed by atoms with Crippen LogP contribution in [0.1, 0.15) is 22.1 Å². The number of carbonyl (C=O) groups is 1. The van der Waals surface area contributed by atoms with Gasteiger partial charge in [0.1, 0.15) is 11.4 Å². The van der Waals surface area contributed by atoms with Crippen LogP contribution in [0, 0.1) is 0 Å². The molecule has 0 aromatic heterocycles. The summed E-state index contributed by atoms with van der Waals surface area (Å²) in [5.41, 5.74) is 6.26. The molecule has 0 bridgehead atoms. The highest BCUT2D eigenvalue weighted by Gasteiger charge is 2.34. The zero-order chi connectivity index (χ0) is 15.1. The average Bonchev–Trinajstić information content (AvgIpc) is 2.75. The maximum atomic E-state index is 11.2. The minimum atomic E-state index is -0.885. The van der Waals surface area contributed by atoms with Gasteiger partial charge in [-0.25, -0.2) is 5.06 Å². The monoisotopic (exact) mass is 324 g/mol. The van der Waals surface area contributed by atoms with Crippen molar-refractivity contribution in [1.29, 1.82) is 0 Å². The lowest BCUT2D eigenvalue weighted by molar-refractivity contribution is 0.100. The lowest BCUT2D eigenvalue weighted by Crippen LogP contribution is -2.24. The third-order valence-electron chi connectivity index (χ3n) is 3.20. The summed E-state index contributed by atoms with van der Waals surface area (Å²) < 4.78 is 5.66. The Labute approximate surface area is 130 Å². The Morgan fingerprint density at radius 2 is 1.90 bits per heavy atom. The number of anilines is 1. The number of carbonyl (C=O) groups excluding carboxylic acids is 1. The molecule has 21 heavy (non-hydrogen) atoms. The van der Waals surface area contributed by atoms with Gasteiger partial charge >= 0.3 is 0 Å². The third kappa shape index (κ3) is 2.29. The molecule has 0 fully saturated rings. The second-order valence-electron chi connectivity index (χ2n) is 4.50. The molecule has 3 N–H and O–H groups in total. The number of hydrogen-bond donors (Lipinski definition) is 2. The van der Waals surface area contributed by atoms with Crippen molar-refractivity contribution in [2.24, 2.45) is 5.73 Å². The number of amides is 1. The average molecular weight is 325 g/mol. The van der Waals surface area contributed by atoms with Crippen molar-refractivity contribution in [2.45, 2.75) is 6.23 Å². The van der Waals surface area contributed by atoms with Gasteiger partial charge in [-0.2, -0.15) is 0 Å². The zero-order valence-corrected chi connectivity index (χ0v) is 12.1. The van der Waals surface area contributed by atoms with Crippen LogP contribution in [0.25, 0.3) is 0 Å². The van der Waals surface area contributed by atoms with E-state index >= 15 is 0 Å². The molecule has 5 nitrogen and oxygen atoms in total. The van der Waals surface area contributed by atoms with Crippen LogP contribution in [0.5, 0.6) is 5.75 Å². The van der Waals surface area contributed by atoms with Crippen molar-refractivity contribution >= 4 is 34.8 Å². The molecule has 1 heterocycles. The van der Waals surface area contributed by atoms with Crippen LogP contribution in [0.15, 0.2) is 36.4 Å². The summed E-state index contributed by atoms with van der Waals surface area (Å²) >= 11 is 12.2. The molecular formula is C14H10Cl2N2O3. The summed E-state index contributed by atoms with van der Waals surface area (Å²) in [6, 6.07) is 9.52. The number of hydroxylamine groups is 1. The highest BCUT2D eigenvalue weighted by molar-refractivity contribution is 6.36. The minimum absolute atomic E-state index is 0.266. The van der Waals surface area contributed by atoms with Gasteiger partial charge in [-0.15, -0.1) is 0 Å². The molecule has 0 radical (unpaired) electrons. The SMILES string of the molecule is NC(=O)c1ccc2c(c1)N(O)C(c1c(Cl)cccc1Cl)O2. The van der Waals surface area contributed by atoms with Crippen molar-refractivity contribution in [3.63, 3.8) is 0 Å². The number of halogens is 2. The third-order valence-corrected chi connectivity index (χ3v) is 3.86. The summed E-state index contributed by atoms with van der Waals surface area (Å²) in [5.74, 6) is -0.186. The van der Waals surface area contributed by atoms with Crippen molar-refractivity contribution in [3.05, 3.63) is 57.6 Å². The molecule has 1 amide bonds. The Morgan fingerprint density at radius 3 is 2.52 bits per heavy atom. The Bertz CT molecular complexity index is 716. The van der Waals surface area contributed by atoms with E-state index in [-0.39, 0.29) is 5.56 Å². The van der Waals surface area contributed by atoms with Crippen molar-refractivity contribution in [3.8, 4) is 5.75 Å². The highest BCUT2D eigenvalue weighted by atomic mass is 35.5. The molecule has 0 saturated heterocycles. The van der Waals surface area contributed by atoms with E-state index in [0.29, 0.717) is 27.0 Å². The van der Waals surface area contributed by atoms with Crippen LogP contribution >= 0.6 is 23.2 Å². The number of ether oxygens (including phenoxy) is 1. The summed E-state index contributed by atoms with van der Waals surface area (Å²) in [5, 5.41) is 11.9. The van der Waals surface area contributed by atoms with E-state index in [9.17, 15) is 10.0 Å². The summed E-state index contributed by atoms with van der Waals surface area (Å²) in [6.45, 7) is 0. The first-order chi connectivity index (χ1) is 9.99. The number of primary amides is 1. The van der Waals surface area contributed by atoms with Crippen LogP contribution in [-0.2, 0) is 0 Å². The fourth-order valence-electron chi connectivity index (χ4n) is 2.17. The largest absolute Gasteiger partial charge is 0.462 e. The van der Waals surface area contributed by atoms with Gasteiger partial charge in [0.05, 0.1) is 15.6 Å². The number of hydrogen-bond acceptors (Lipinski definition) is 4. The van der Waals surface area contributed by atoms with E-state index in [0.717, 1.165) is 5.06 Å².